The molecule has 0 atom stereocenters. The Labute approximate surface area is 141 Å². The highest BCUT2D eigenvalue weighted by atomic mass is 79.9. The van der Waals surface area contributed by atoms with E-state index in [2.05, 4.69) is 43.5 Å². The van der Waals surface area contributed by atoms with Crippen molar-refractivity contribution in [3.05, 3.63) is 22.5 Å². The van der Waals surface area contributed by atoms with Crippen molar-refractivity contribution < 1.29 is 9.21 Å². The minimum atomic E-state index is -0.281. The van der Waals surface area contributed by atoms with Gasteiger partial charge >= 0.3 is 6.03 Å². The Hall–Kier alpha value is -2.11. The lowest BCUT2D eigenvalue weighted by molar-refractivity contribution is 0.221. The van der Waals surface area contributed by atoms with Gasteiger partial charge in [0.2, 0.25) is 5.76 Å². The number of urea groups is 1. The van der Waals surface area contributed by atoms with E-state index in [1.807, 2.05) is 6.07 Å². The predicted molar refractivity (Wildman–Crippen MR) is 89.1 cm³/mol. The van der Waals surface area contributed by atoms with E-state index in [1.54, 1.807) is 6.07 Å². The highest BCUT2D eigenvalue weighted by Gasteiger charge is 2.19. The molecule has 2 aromatic heterocycles. The zero-order valence-corrected chi connectivity index (χ0v) is 14.2. The van der Waals surface area contributed by atoms with Gasteiger partial charge in [-0.25, -0.2) is 9.78 Å². The Morgan fingerprint density at radius 2 is 2.26 bits per heavy atom. The lowest BCUT2D eigenvalue weighted by Gasteiger charge is -2.29. The number of fused-ring (bicyclic) bond motifs is 1. The van der Waals surface area contributed by atoms with Gasteiger partial charge in [0.05, 0.1) is 10.7 Å². The molecule has 1 saturated heterocycles. The fourth-order valence-corrected chi connectivity index (χ4v) is 3.12. The van der Waals surface area contributed by atoms with E-state index in [0.717, 1.165) is 25.9 Å². The van der Waals surface area contributed by atoms with Gasteiger partial charge in [0.15, 0.2) is 5.58 Å². The molecule has 120 valence electrons. The number of likely N-dealkylation sites (tertiary alicyclic amines) is 1. The smallest absolute Gasteiger partial charge is 0.320 e. The fourth-order valence-electron chi connectivity index (χ4n) is 2.60. The van der Waals surface area contributed by atoms with E-state index < -0.39 is 0 Å². The van der Waals surface area contributed by atoms with Crippen molar-refractivity contribution in [1.29, 1.82) is 5.26 Å². The first-order chi connectivity index (χ1) is 11.1. The van der Waals surface area contributed by atoms with E-state index >= 15 is 0 Å². The van der Waals surface area contributed by atoms with Crippen LogP contribution >= 0.6 is 15.9 Å². The van der Waals surface area contributed by atoms with Crippen LogP contribution in [0.1, 0.15) is 18.6 Å². The topological polar surface area (TPSA) is 94.2 Å². The van der Waals surface area contributed by atoms with Crippen molar-refractivity contribution in [2.24, 2.45) is 0 Å². The number of carbonyl (C=O) groups excluding carboxylic acids is 1. The molecule has 7 nitrogen and oxygen atoms in total. The zero-order valence-electron chi connectivity index (χ0n) is 12.6. The molecule has 1 aliphatic rings. The summed E-state index contributed by atoms with van der Waals surface area (Å²) >= 11 is 3.40. The summed E-state index contributed by atoms with van der Waals surface area (Å²) in [6.07, 6.45) is 3.36. The highest BCUT2D eigenvalue weighted by Crippen LogP contribution is 2.31. The van der Waals surface area contributed by atoms with Crippen molar-refractivity contribution in [2.45, 2.75) is 18.9 Å². The van der Waals surface area contributed by atoms with Gasteiger partial charge in [0.1, 0.15) is 11.9 Å². The van der Waals surface area contributed by atoms with Crippen LogP contribution in [0.3, 0.4) is 0 Å². The third-order valence-corrected chi connectivity index (χ3v) is 4.71. The lowest BCUT2D eigenvalue weighted by Crippen LogP contribution is -2.44. The third kappa shape index (κ3) is 3.46. The number of amides is 2. The molecule has 0 unspecified atom stereocenters. The van der Waals surface area contributed by atoms with Crippen LogP contribution in [0.15, 0.2) is 21.2 Å². The number of anilines is 1. The Balaban J connectivity index is 1.70. The van der Waals surface area contributed by atoms with Crippen molar-refractivity contribution in [3.63, 3.8) is 0 Å². The van der Waals surface area contributed by atoms with Gasteiger partial charge in [-0.2, -0.15) is 5.26 Å². The molecule has 8 heteroatoms. The molecule has 0 aliphatic carbocycles. The maximum absolute atomic E-state index is 12.1. The first kappa shape index (κ1) is 15.8. The number of rotatable bonds is 2. The number of pyridine rings is 1. The quantitative estimate of drug-likeness (QED) is 0.838. The summed E-state index contributed by atoms with van der Waals surface area (Å²) in [5.41, 5.74) is 0.495. The molecule has 0 saturated carbocycles. The molecule has 1 fully saturated rings. The zero-order chi connectivity index (χ0) is 16.4. The number of carbonyl (C=O) groups is 1. The number of nitrogens with one attached hydrogen (secondary N) is 2. The van der Waals surface area contributed by atoms with Gasteiger partial charge in [0, 0.05) is 17.5 Å². The normalized spacial score (nSPS) is 16.2. The number of aromatic nitrogens is 1. The Morgan fingerprint density at radius 3 is 2.96 bits per heavy atom. The van der Waals surface area contributed by atoms with Gasteiger partial charge in [-0.15, -0.1) is 0 Å². The molecular weight excluding hydrogens is 362 g/mol. The number of piperidine rings is 1. The second-order valence-electron chi connectivity index (χ2n) is 5.60. The van der Waals surface area contributed by atoms with E-state index in [-0.39, 0.29) is 17.8 Å². The van der Waals surface area contributed by atoms with E-state index in [4.69, 9.17) is 9.68 Å². The van der Waals surface area contributed by atoms with Gasteiger partial charge in [-0.3, -0.25) is 5.32 Å². The maximum atomic E-state index is 12.1. The van der Waals surface area contributed by atoms with Gasteiger partial charge in [0.25, 0.3) is 0 Å². The van der Waals surface area contributed by atoms with Crippen molar-refractivity contribution in [3.8, 4) is 6.07 Å². The van der Waals surface area contributed by atoms with Crippen LogP contribution < -0.4 is 10.6 Å². The predicted octanol–water partition coefficient (Wildman–Crippen LogP) is 2.68. The Bertz CT molecular complexity index is 774. The van der Waals surface area contributed by atoms with Gasteiger partial charge in [-0.05, 0) is 48.9 Å². The summed E-state index contributed by atoms with van der Waals surface area (Å²) in [5.74, 6) is 0.601. The summed E-state index contributed by atoms with van der Waals surface area (Å²) < 4.78 is 5.90. The number of furan rings is 1. The minimum absolute atomic E-state index is 0.174. The maximum Gasteiger partial charge on any atom is 0.320 e. The van der Waals surface area contributed by atoms with Crippen molar-refractivity contribution >= 4 is 38.7 Å². The molecule has 0 aromatic carbocycles. The average Bonchev–Trinajstić information content (AvgIpc) is 2.96. The van der Waals surface area contributed by atoms with Gasteiger partial charge < -0.3 is 14.6 Å². The average molecular weight is 378 g/mol. The fraction of sp³-hybridized carbons (Fsp3) is 0.400. The van der Waals surface area contributed by atoms with Crippen LogP contribution in [0.25, 0.3) is 11.0 Å². The first-order valence-corrected chi connectivity index (χ1v) is 8.10. The number of nitrogens with zero attached hydrogens (tertiary/aromatic N) is 3. The highest BCUT2D eigenvalue weighted by molar-refractivity contribution is 9.10. The molecule has 1 aliphatic heterocycles. The van der Waals surface area contributed by atoms with Crippen molar-refractivity contribution in [2.75, 3.05) is 25.5 Å². The third-order valence-electron chi connectivity index (χ3n) is 3.91. The molecule has 2 aromatic rings. The van der Waals surface area contributed by atoms with E-state index in [0.29, 0.717) is 21.3 Å². The lowest BCUT2D eigenvalue weighted by atomic mass is 10.1. The summed E-state index contributed by atoms with van der Waals surface area (Å²) in [6, 6.07) is 3.45. The van der Waals surface area contributed by atoms with Crippen LogP contribution in [-0.4, -0.2) is 42.1 Å². The number of nitriles is 1. The van der Waals surface area contributed by atoms with Crippen LogP contribution in [-0.2, 0) is 0 Å². The van der Waals surface area contributed by atoms with Crippen LogP contribution in [0.4, 0.5) is 10.6 Å². The minimum Gasteiger partial charge on any atom is -0.444 e. The Morgan fingerprint density at radius 1 is 1.52 bits per heavy atom. The van der Waals surface area contributed by atoms with Crippen molar-refractivity contribution in [1.82, 2.24) is 15.2 Å². The first-order valence-electron chi connectivity index (χ1n) is 7.31. The molecule has 0 spiro atoms. The number of hydrogen-bond donors (Lipinski definition) is 2. The molecule has 2 N–H and O–H groups in total. The van der Waals surface area contributed by atoms with Gasteiger partial charge in [-0.1, -0.05) is 0 Å². The van der Waals surface area contributed by atoms with E-state index in [1.165, 1.54) is 6.20 Å². The van der Waals surface area contributed by atoms with E-state index in [9.17, 15) is 4.79 Å². The summed E-state index contributed by atoms with van der Waals surface area (Å²) in [6.45, 7) is 1.95. The van der Waals surface area contributed by atoms with Crippen LogP contribution in [0.2, 0.25) is 0 Å². The summed E-state index contributed by atoms with van der Waals surface area (Å²) in [4.78, 5) is 18.6. The molecule has 2 amide bonds. The second-order valence-corrected chi connectivity index (χ2v) is 6.39. The molecule has 0 bridgehead atoms. The Kier molecular flexibility index (Phi) is 4.50. The molecular formula is C15H16BrN5O2. The largest absolute Gasteiger partial charge is 0.444 e. The summed E-state index contributed by atoms with van der Waals surface area (Å²) in [5, 5.41) is 15.3. The molecule has 3 rings (SSSR count). The molecule has 3 heterocycles. The number of halogens is 1. The van der Waals surface area contributed by atoms with Crippen LogP contribution in [0, 0.1) is 11.3 Å². The standard InChI is InChI=1S/C15H16BrN5O2/c1-21-4-2-9(3-5-21)19-15(22)20-14-13(16)11-6-10(7-17)23-12(11)8-18-14/h6,8-9H,2-5H2,1H3,(H2,18,19,20,22). The monoisotopic (exact) mass is 377 g/mol. The van der Waals surface area contributed by atoms with Crippen LogP contribution in [0.5, 0.6) is 0 Å². The number of hydrogen-bond acceptors (Lipinski definition) is 5. The molecule has 23 heavy (non-hydrogen) atoms. The SMILES string of the molecule is CN1CCC(NC(=O)Nc2ncc3oc(C#N)cc3c2Br)CC1. The second kappa shape index (κ2) is 6.56. The molecule has 0 radical (unpaired) electrons. The summed E-state index contributed by atoms with van der Waals surface area (Å²) in [7, 11) is 2.08.